The number of hydrogen-bond acceptors (Lipinski definition) is 5. The molecule has 0 radical (unpaired) electrons. The Morgan fingerprint density at radius 1 is 1.15 bits per heavy atom. The van der Waals surface area contributed by atoms with Gasteiger partial charge in [-0.15, -0.1) is 0 Å². The SMILES string of the molecule is CCNc1c(NCCN)c(=O)c1=O. The van der Waals surface area contributed by atoms with Gasteiger partial charge in [0.05, 0.1) is 0 Å². The molecule has 0 atom stereocenters. The van der Waals surface area contributed by atoms with Crippen molar-refractivity contribution >= 4 is 11.4 Å². The fraction of sp³-hybridized carbons (Fsp3) is 0.500. The lowest BCUT2D eigenvalue weighted by Crippen LogP contribution is -2.38. The zero-order chi connectivity index (χ0) is 9.84. The second-order valence-electron chi connectivity index (χ2n) is 2.65. The van der Waals surface area contributed by atoms with Gasteiger partial charge in [0, 0.05) is 19.6 Å². The standard InChI is InChI=1S/C8H13N3O2/c1-2-10-5-6(11-4-3-9)8(13)7(5)12/h10-11H,2-4,9H2,1H3. The molecule has 0 aliphatic carbocycles. The van der Waals surface area contributed by atoms with E-state index in [0.29, 0.717) is 31.0 Å². The minimum atomic E-state index is -0.454. The van der Waals surface area contributed by atoms with Crippen molar-refractivity contribution in [3.05, 3.63) is 20.4 Å². The first-order valence-electron chi connectivity index (χ1n) is 4.23. The predicted molar refractivity (Wildman–Crippen MR) is 53.1 cm³/mol. The van der Waals surface area contributed by atoms with Crippen LogP contribution < -0.4 is 27.2 Å². The van der Waals surface area contributed by atoms with Crippen molar-refractivity contribution in [2.24, 2.45) is 5.73 Å². The zero-order valence-corrected chi connectivity index (χ0v) is 7.52. The van der Waals surface area contributed by atoms with Crippen molar-refractivity contribution in [1.29, 1.82) is 0 Å². The van der Waals surface area contributed by atoms with Crippen LogP contribution in [0.1, 0.15) is 6.92 Å². The normalized spacial score (nSPS) is 10.3. The Morgan fingerprint density at radius 2 is 1.69 bits per heavy atom. The lowest BCUT2D eigenvalue weighted by Gasteiger charge is -2.12. The second-order valence-corrected chi connectivity index (χ2v) is 2.65. The van der Waals surface area contributed by atoms with Crippen LogP contribution in [0.4, 0.5) is 11.4 Å². The molecular weight excluding hydrogens is 170 g/mol. The highest BCUT2D eigenvalue weighted by molar-refractivity contribution is 5.73. The van der Waals surface area contributed by atoms with E-state index in [0.717, 1.165) is 0 Å². The Kier molecular flexibility index (Phi) is 3.02. The smallest absolute Gasteiger partial charge is 0.253 e. The molecule has 0 unspecified atom stereocenters. The molecule has 5 heteroatoms. The molecule has 13 heavy (non-hydrogen) atoms. The first kappa shape index (κ1) is 9.73. The van der Waals surface area contributed by atoms with E-state index in [2.05, 4.69) is 10.6 Å². The molecule has 0 heterocycles. The summed E-state index contributed by atoms with van der Waals surface area (Å²) in [5.74, 6) is 0. The van der Waals surface area contributed by atoms with E-state index in [1.54, 1.807) is 0 Å². The first-order chi connectivity index (χ1) is 6.22. The third-order valence-corrected chi connectivity index (χ3v) is 1.71. The average molecular weight is 183 g/mol. The summed E-state index contributed by atoms with van der Waals surface area (Å²) in [5, 5.41) is 5.63. The number of nitrogens with one attached hydrogen (secondary N) is 2. The molecule has 0 aliphatic rings. The summed E-state index contributed by atoms with van der Waals surface area (Å²) in [4.78, 5) is 22.0. The van der Waals surface area contributed by atoms with Crippen molar-refractivity contribution in [3.8, 4) is 0 Å². The van der Waals surface area contributed by atoms with Crippen molar-refractivity contribution in [3.63, 3.8) is 0 Å². The molecule has 1 rings (SSSR count). The van der Waals surface area contributed by atoms with E-state index in [1.807, 2.05) is 6.92 Å². The van der Waals surface area contributed by atoms with Gasteiger partial charge in [-0.3, -0.25) is 9.59 Å². The van der Waals surface area contributed by atoms with Gasteiger partial charge in [0.2, 0.25) is 0 Å². The predicted octanol–water partition coefficient (Wildman–Crippen LogP) is -0.915. The van der Waals surface area contributed by atoms with Crippen LogP contribution in [0, 0.1) is 0 Å². The van der Waals surface area contributed by atoms with E-state index in [-0.39, 0.29) is 0 Å². The van der Waals surface area contributed by atoms with Crippen molar-refractivity contribution in [1.82, 2.24) is 0 Å². The summed E-state index contributed by atoms with van der Waals surface area (Å²) in [6.45, 7) is 3.43. The van der Waals surface area contributed by atoms with Crippen LogP contribution in [0.15, 0.2) is 9.59 Å². The molecule has 4 N–H and O–H groups in total. The Balaban J connectivity index is 2.76. The van der Waals surface area contributed by atoms with Crippen molar-refractivity contribution in [2.45, 2.75) is 6.92 Å². The lowest BCUT2D eigenvalue weighted by atomic mass is 10.2. The van der Waals surface area contributed by atoms with Gasteiger partial charge in [0.1, 0.15) is 11.4 Å². The molecule has 5 nitrogen and oxygen atoms in total. The van der Waals surface area contributed by atoms with Crippen LogP contribution in [0.5, 0.6) is 0 Å². The monoisotopic (exact) mass is 183 g/mol. The van der Waals surface area contributed by atoms with Gasteiger partial charge in [0.25, 0.3) is 10.9 Å². The van der Waals surface area contributed by atoms with Gasteiger partial charge in [-0.2, -0.15) is 0 Å². The molecule has 1 aromatic rings. The third kappa shape index (κ3) is 1.70. The quantitative estimate of drug-likeness (QED) is 0.514. The van der Waals surface area contributed by atoms with Crippen LogP contribution in [0.3, 0.4) is 0 Å². The summed E-state index contributed by atoms with van der Waals surface area (Å²) in [5.41, 5.74) is 5.12. The molecule has 0 saturated carbocycles. The minimum Gasteiger partial charge on any atom is -0.380 e. The van der Waals surface area contributed by atoms with Crippen molar-refractivity contribution in [2.75, 3.05) is 30.3 Å². The van der Waals surface area contributed by atoms with Crippen LogP contribution in [-0.4, -0.2) is 19.6 Å². The van der Waals surface area contributed by atoms with Gasteiger partial charge < -0.3 is 16.4 Å². The molecule has 72 valence electrons. The van der Waals surface area contributed by atoms with Gasteiger partial charge in [-0.25, -0.2) is 0 Å². The first-order valence-corrected chi connectivity index (χ1v) is 4.23. The molecule has 0 amide bonds. The molecule has 0 saturated heterocycles. The largest absolute Gasteiger partial charge is 0.380 e. The number of nitrogens with two attached hydrogens (primary N) is 1. The van der Waals surface area contributed by atoms with E-state index in [9.17, 15) is 9.59 Å². The highest BCUT2D eigenvalue weighted by Gasteiger charge is 2.18. The van der Waals surface area contributed by atoms with Crippen molar-refractivity contribution < 1.29 is 0 Å². The number of rotatable bonds is 5. The van der Waals surface area contributed by atoms with Crippen LogP contribution >= 0.6 is 0 Å². The highest BCUT2D eigenvalue weighted by Crippen LogP contribution is 2.12. The molecule has 0 bridgehead atoms. The molecular formula is C8H13N3O2. The maximum atomic E-state index is 11.0. The van der Waals surface area contributed by atoms with Crippen LogP contribution in [0.2, 0.25) is 0 Å². The average Bonchev–Trinajstić information content (AvgIpc) is 2.16. The Bertz CT molecular complexity index is 352. The summed E-state index contributed by atoms with van der Waals surface area (Å²) in [7, 11) is 0. The number of hydrogen-bond donors (Lipinski definition) is 3. The van der Waals surface area contributed by atoms with E-state index >= 15 is 0 Å². The van der Waals surface area contributed by atoms with Gasteiger partial charge >= 0.3 is 0 Å². The van der Waals surface area contributed by atoms with Crippen LogP contribution in [0.25, 0.3) is 0 Å². The Morgan fingerprint density at radius 3 is 2.15 bits per heavy atom. The lowest BCUT2D eigenvalue weighted by molar-refractivity contribution is 1.02. The zero-order valence-electron chi connectivity index (χ0n) is 7.52. The number of anilines is 2. The molecule has 0 fully saturated rings. The second kappa shape index (κ2) is 4.04. The summed E-state index contributed by atoms with van der Waals surface area (Å²) >= 11 is 0. The van der Waals surface area contributed by atoms with E-state index in [1.165, 1.54) is 0 Å². The maximum Gasteiger partial charge on any atom is 0.253 e. The third-order valence-electron chi connectivity index (χ3n) is 1.71. The fourth-order valence-electron chi connectivity index (χ4n) is 1.10. The van der Waals surface area contributed by atoms with E-state index in [4.69, 9.17) is 5.73 Å². The highest BCUT2D eigenvalue weighted by atomic mass is 16.2. The topological polar surface area (TPSA) is 84.2 Å². The van der Waals surface area contributed by atoms with Gasteiger partial charge in [0.15, 0.2) is 0 Å². The molecule has 0 spiro atoms. The molecule has 0 aliphatic heterocycles. The molecule has 0 aromatic heterocycles. The van der Waals surface area contributed by atoms with E-state index < -0.39 is 10.9 Å². The van der Waals surface area contributed by atoms with Gasteiger partial charge in [-0.05, 0) is 6.92 Å². The molecule has 1 aromatic carbocycles. The summed E-state index contributed by atoms with van der Waals surface area (Å²) < 4.78 is 0. The van der Waals surface area contributed by atoms with Gasteiger partial charge in [-0.1, -0.05) is 0 Å². The van der Waals surface area contributed by atoms with Crippen LogP contribution in [-0.2, 0) is 0 Å². The Labute approximate surface area is 75.6 Å². The summed E-state index contributed by atoms with van der Waals surface area (Å²) in [6.07, 6.45) is 0. The fourth-order valence-corrected chi connectivity index (χ4v) is 1.10. The summed E-state index contributed by atoms with van der Waals surface area (Å²) in [6, 6.07) is 0. The Hall–Kier alpha value is -1.36. The minimum absolute atomic E-state index is 0.373. The maximum absolute atomic E-state index is 11.0.